The van der Waals surface area contributed by atoms with Gasteiger partial charge in [-0.05, 0) is 54.5 Å². The number of amides is 3. The number of β-amino-alcohol motifs (C(OH)–C–C–N with tert-alkyl or cyclic N) is 1. The molecular formula is C36H43FN4O7S. The fraction of sp³-hybridized carbons (Fsp3) is 0.472. The fourth-order valence-corrected chi connectivity index (χ4v) is 6.58. The monoisotopic (exact) mass is 694 g/mol. The van der Waals surface area contributed by atoms with Gasteiger partial charge in [-0.1, -0.05) is 45.0 Å². The molecule has 1 aliphatic carbocycles. The molecule has 3 aromatic rings. The van der Waals surface area contributed by atoms with Gasteiger partial charge in [0.1, 0.15) is 17.8 Å². The van der Waals surface area contributed by atoms with Crippen molar-refractivity contribution in [2.24, 2.45) is 5.41 Å². The maximum Gasteiger partial charge on any atom is 0.337 e. The van der Waals surface area contributed by atoms with Gasteiger partial charge < -0.3 is 30.1 Å². The highest BCUT2D eigenvalue weighted by Gasteiger charge is 2.53. The molecule has 1 saturated heterocycles. The Hall–Kier alpha value is -4.36. The molecule has 0 unspecified atom stereocenters. The largest absolute Gasteiger partial charge is 0.493 e. The number of hydrogen-bond donors (Lipinski definition) is 3. The number of benzene rings is 2. The summed E-state index contributed by atoms with van der Waals surface area (Å²) in [7, 11) is 1.33. The lowest BCUT2D eigenvalue weighted by Crippen LogP contribution is -2.59. The third-order valence-electron chi connectivity index (χ3n) is 8.90. The molecule has 1 saturated carbocycles. The number of rotatable bonds is 12. The number of esters is 1. The van der Waals surface area contributed by atoms with Gasteiger partial charge in [0.15, 0.2) is 5.67 Å². The van der Waals surface area contributed by atoms with Crippen molar-refractivity contribution in [3.63, 3.8) is 0 Å². The Morgan fingerprint density at radius 3 is 2.47 bits per heavy atom. The highest BCUT2D eigenvalue weighted by molar-refractivity contribution is 7.13. The normalized spacial score (nSPS) is 18.8. The van der Waals surface area contributed by atoms with Crippen LogP contribution in [0.3, 0.4) is 0 Å². The van der Waals surface area contributed by atoms with E-state index in [1.807, 2.05) is 37.3 Å². The molecule has 1 aromatic heterocycles. The summed E-state index contributed by atoms with van der Waals surface area (Å²) < 4.78 is 25.5. The van der Waals surface area contributed by atoms with Gasteiger partial charge in [-0.15, -0.1) is 11.3 Å². The molecule has 1 aliphatic heterocycles. The Morgan fingerprint density at radius 1 is 1.14 bits per heavy atom. The van der Waals surface area contributed by atoms with Crippen LogP contribution < -0.4 is 15.4 Å². The number of nitrogens with one attached hydrogen (secondary N) is 2. The number of aryl methyl sites for hydroxylation is 1. The van der Waals surface area contributed by atoms with E-state index >= 15 is 0 Å². The van der Waals surface area contributed by atoms with Crippen molar-refractivity contribution in [3.8, 4) is 16.2 Å². The molecule has 2 fully saturated rings. The lowest BCUT2D eigenvalue weighted by molar-refractivity contribution is -0.145. The third kappa shape index (κ3) is 8.45. The van der Waals surface area contributed by atoms with Crippen molar-refractivity contribution in [2.75, 3.05) is 20.3 Å². The molecule has 11 nitrogen and oxygen atoms in total. The van der Waals surface area contributed by atoms with Crippen LogP contribution in [0.15, 0.2) is 48.0 Å². The van der Waals surface area contributed by atoms with Crippen LogP contribution in [0.5, 0.6) is 5.75 Å². The highest BCUT2D eigenvalue weighted by Crippen LogP contribution is 2.40. The third-order valence-corrected chi connectivity index (χ3v) is 9.88. The summed E-state index contributed by atoms with van der Waals surface area (Å²) in [6, 6.07) is 10.7. The van der Waals surface area contributed by atoms with Crippen LogP contribution in [0, 0.1) is 12.3 Å². The first-order valence-corrected chi connectivity index (χ1v) is 17.2. The number of carbonyl (C=O) groups excluding carboxylic acids is 4. The molecule has 3 amide bonds. The van der Waals surface area contributed by atoms with Crippen LogP contribution in [0.25, 0.3) is 10.4 Å². The minimum atomic E-state index is -1.96. The molecule has 5 rings (SSSR count). The van der Waals surface area contributed by atoms with E-state index in [4.69, 9.17) is 9.47 Å². The number of halogens is 1. The molecule has 0 spiro atoms. The van der Waals surface area contributed by atoms with Crippen LogP contribution in [0.2, 0.25) is 0 Å². The second-order valence-electron chi connectivity index (χ2n) is 13.7. The molecule has 3 atom stereocenters. The molecular weight excluding hydrogens is 651 g/mol. The first-order valence-electron chi connectivity index (χ1n) is 16.3. The fourth-order valence-electron chi connectivity index (χ4n) is 5.78. The van der Waals surface area contributed by atoms with Gasteiger partial charge in [0.25, 0.3) is 5.91 Å². The topological polar surface area (TPSA) is 147 Å². The van der Waals surface area contributed by atoms with Crippen molar-refractivity contribution < 1.29 is 38.1 Å². The molecule has 2 aliphatic rings. The van der Waals surface area contributed by atoms with Gasteiger partial charge in [0.2, 0.25) is 11.8 Å². The number of thiazole rings is 1. The van der Waals surface area contributed by atoms with E-state index in [2.05, 4.69) is 15.6 Å². The molecule has 3 N–H and O–H groups in total. The average Bonchev–Trinajstić information content (AvgIpc) is 3.48. The lowest BCUT2D eigenvalue weighted by atomic mass is 9.85. The number of aliphatic hydroxyl groups is 1. The lowest BCUT2D eigenvalue weighted by Gasteiger charge is -2.35. The number of hydrogen-bond acceptors (Lipinski definition) is 9. The summed E-state index contributed by atoms with van der Waals surface area (Å²) in [4.78, 5) is 58.4. The zero-order chi connectivity index (χ0) is 35.5. The zero-order valence-electron chi connectivity index (χ0n) is 28.4. The summed E-state index contributed by atoms with van der Waals surface area (Å²) >= 11 is 1.51. The van der Waals surface area contributed by atoms with Gasteiger partial charge in [0.05, 0.1) is 41.5 Å². The van der Waals surface area contributed by atoms with Crippen LogP contribution in [-0.4, -0.2) is 82.8 Å². The first kappa shape index (κ1) is 35.9. The molecule has 262 valence electrons. The van der Waals surface area contributed by atoms with Gasteiger partial charge in [-0.25, -0.2) is 14.2 Å². The van der Waals surface area contributed by atoms with E-state index < -0.39 is 53.0 Å². The molecule has 0 bridgehead atoms. The van der Waals surface area contributed by atoms with Crippen LogP contribution in [0.1, 0.15) is 67.2 Å². The summed E-state index contributed by atoms with van der Waals surface area (Å²) in [5.74, 6) is -1.69. The minimum Gasteiger partial charge on any atom is -0.493 e. The van der Waals surface area contributed by atoms with Gasteiger partial charge in [-0.2, -0.15) is 0 Å². The maximum atomic E-state index is 14.5. The van der Waals surface area contributed by atoms with E-state index in [-0.39, 0.29) is 32.4 Å². The van der Waals surface area contributed by atoms with Crippen LogP contribution in [0.4, 0.5) is 4.39 Å². The Morgan fingerprint density at radius 2 is 1.86 bits per heavy atom. The van der Waals surface area contributed by atoms with E-state index in [1.165, 1.54) is 23.3 Å². The first-order chi connectivity index (χ1) is 23.2. The number of aliphatic hydroxyl groups excluding tert-OH is 1. The molecule has 0 radical (unpaired) electrons. The number of methoxy groups -OCH3 is 1. The number of carbonyl (C=O) groups is 4. The zero-order valence-corrected chi connectivity index (χ0v) is 29.2. The predicted molar refractivity (Wildman–Crippen MR) is 182 cm³/mol. The Labute approximate surface area is 289 Å². The smallest absolute Gasteiger partial charge is 0.337 e. The van der Waals surface area contributed by atoms with E-state index in [0.717, 1.165) is 21.7 Å². The average molecular weight is 695 g/mol. The Balaban J connectivity index is 1.29. The number of ether oxygens (including phenoxy) is 2. The van der Waals surface area contributed by atoms with Crippen molar-refractivity contribution in [3.05, 3.63) is 70.4 Å². The van der Waals surface area contributed by atoms with Crippen molar-refractivity contribution in [1.82, 2.24) is 20.5 Å². The SMILES string of the molecule is COC(=O)c1ccc(CCOc2cc(-c3scnc3C)ccc2CNC(=O)[C@@H]2C[C@@H](O)CN2C(=O)[C@@H](NC(=O)C2(F)CC2)C(C)(C)C)cc1. The quantitative estimate of drug-likeness (QED) is 0.240. The predicted octanol–water partition coefficient (Wildman–Crippen LogP) is 4.14. The second-order valence-corrected chi connectivity index (χ2v) is 14.6. The van der Waals surface area contributed by atoms with Crippen LogP contribution in [-0.2, 0) is 32.1 Å². The Bertz CT molecular complexity index is 1700. The molecule has 13 heteroatoms. The molecule has 2 aromatic carbocycles. The van der Waals surface area contributed by atoms with Crippen molar-refractivity contribution in [1.29, 1.82) is 0 Å². The Kier molecular flexibility index (Phi) is 10.7. The molecule has 2 heterocycles. The van der Waals surface area contributed by atoms with Gasteiger partial charge >= 0.3 is 5.97 Å². The number of nitrogens with zero attached hydrogens (tertiary/aromatic N) is 2. The number of alkyl halides is 1. The molecule has 49 heavy (non-hydrogen) atoms. The maximum absolute atomic E-state index is 14.5. The minimum absolute atomic E-state index is 0.0249. The van der Waals surface area contributed by atoms with Crippen LogP contribution >= 0.6 is 11.3 Å². The summed E-state index contributed by atoms with van der Waals surface area (Å²) in [5.41, 5.74) is 2.96. The number of likely N-dealkylation sites (tertiary alicyclic amines) is 1. The van der Waals surface area contributed by atoms with Gasteiger partial charge in [-0.3, -0.25) is 14.4 Å². The van der Waals surface area contributed by atoms with E-state index in [9.17, 15) is 28.7 Å². The number of aromatic nitrogens is 1. The van der Waals surface area contributed by atoms with Gasteiger partial charge in [0, 0.05) is 31.5 Å². The summed E-state index contributed by atoms with van der Waals surface area (Å²) in [6.45, 7) is 7.52. The standard InChI is InChI=1S/C36H43FN4O7S/c1-21-29(49-20-39-21)24-10-11-25(28(16-24)48-15-12-22-6-8-23(9-7-22)33(45)47-5)18-38-31(43)27-17-26(42)19-41(27)32(44)30(35(2,3)4)40-34(46)36(37)13-14-36/h6-11,16,20,26-27,30,42H,12-15,17-19H2,1-5H3,(H,38,43)(H,40,46)/t26-,27+,30-/m1/s1. The second kappa shape index (κ2) is 14.6. The van der Waals surface area contributed by atoms with Crippen molar-refractivity contribution >= 4 is 35.0 Å². The van der Waals surface area contributed by atoms with E-state index in [0.29, 0.717) is 29.9 Å². The van der Waals surface area contributed by atoms with Crippen molar-refractivity contribution in [2.45, 2.75) is 83.8 Å². The summed E-state index contributed by atoms with van der Waals surface area (Å²) in [6.07, 6.45) is -0.134. The summed E-state index contributed by atoms with van der Waals surface area (Å²) in [5, 5.41) is 16.0. The highest BCUT2D eigenvalue weighted by atomic mass is 32.1. The van der Waals surface area contributed by atoms with E-state index in [1.54, 1.807) is 38.4 Å².